The SMILES string of the molecule is COc1ccc(-c2nnc(SCC(=O)Nc3cccc4nsnc34)n2C2CCCCC2)cc1. The van der Waals surface area contributed by atoms with Crippen molar-refractivity contribution in [3.63, 3.8) is 0 Å². The zero-order chi connectivity index (χ0) is 22.6. The second-order valence-corrected chi connectivity index (χ2v) is 9.44. The first kappa shape index (κ1) is 21.8. The van der Waals surface area contributed by atoms with E-state index in [1.165, 1.54) is 31.0 Å². The molecule has 0 unspecified atom stereocenters. The number of benzene rings is 2. The van der Waals surface area contributed by atoms with Gasteiger partial charge in [0.15, 0.2) is 11.0 Å². The van der Waals surface area contributed by atoms with E-state index >= 15 is 0 Å². The standard InChI is InChI=1S/C23H24N6O2S2/c1-31-17-12-10-15(11-13-17)22-25-26-23(29(22)16-6-3-2-4-7-16)32-14-20(30)24-18-8-5-9-19-21(18)28-33-27-19/h5,8-13,16H,2-4,6-7,14H2,1H3,(H,24,30). The summed E-state index contributed by atoms with van der Waals surface area (Å²) in [5.41, 5.74) is 3.17. The molecule has 0 aliphatic heterocycles. The van der Waals surface area contributed by atoms with Crippen molar-refractivity contribution in [2.75, 3.05) is 18.2 Å². The number of rotatable bonds is 7. The van der Waals surface area contributed by atoms with Crippen LogP contribution in [-0.4, -0.2) is 42.3 Å². The predicted molar refractivity (Wildman–Crippen MR) is 131 cm³/mol. The normalized spacial score (nSPS) is 14.5. The van der Waals surface area contributed by atoms with Crippen LogP contribution in [-0.2, 0) is 4.79 Å². The minimum atomic E-state index is -0.107. The lowest BCUT2D eigenvalue weighted by atomic mass is 9.95. The molecular weight excluding hydrogens is 456 g/mol. The largest absolute Gasteiger partial charge is 0.497 e. The van der Waals surface area contributed by atoms with Crippen LogP contribution in [0.3, 0.4) is 0 Å². The highest BCUT2D eigenvalue weighted by molar-refractivity contribution is 7.99. The van der Waals surface area contributed by atoms with Crippen molar-refractivity contribution >= 4 is 46.1 Å². The van der Waals surface area contributed by atoms with E-state index in [0.29, 0.717) is 17.2 Å². The van der Waals surface area contributed by atoms with Crippen molar-refractivity contribution in [3.05, 3.63) is 42.5 Å². The molecule has 0 saturated heterocycles. The van der Waals surface area contributed by atoms with Gasteiger partial charge in [-0.2, -0.15) is 8.75 Å². The Morgan fingerprint density at radius 3 is 2.73 bits per heavy atom. The Kier molecular flexibility index (Phi) is 6.54. The second-order valence-electron chi connectivity index (χ2n) is 7.97. The third-order valence-corrected chi connectivity index (χ3v) is 7.33. The van der Waals surface area contributed by atoms with Gasteiger partial charge in [-0.05, 0) is 49.2 Å². The number of nitrogens with zero attached hydrogens (tertiary/aromatic N) is 5. The van der Waals surface area contributed by atoms with Crippen LogP contribution in [0, 0.1) is 0 Å². The fourth-order valence-electron chi connectivity index (χ4n) is 4.20. The molecule has 0 spiro atoms. The molecule has 2 heterocycles. The van der Waals surface area contributed by atoms with E-state index in [4.69, 9.17) is 4.74 Å². The van der Waals surface area contributed by atoms with Gasteiger partial charge < -0.3 is 10.1 Å². The molecule has 1 fully saturated rings. The Balaban J connectivity index is 1.36. The van der Waals surface area contributed by atoms with Crippen molar-refractivity contribution in [2.45, 2.75) is 43.3 Å². The van der Waals surface area contributed by atoms with Crippen molar-refractivity contribution in [1.29, 1.82) is 0 Å². The van der Waals surface area contributed by atoms with E-state index in [0.717, 1.165) is 52.4 Å². The molecule has 1 amide bonds. The summed E-state index contributed by atoms with van der Waals surface area (Å²) in [6.07, 6.45) is 5.85. The third kappa shape index (κ3) is 4.72. The van der Waals surface area contributed by atoms with Crippen LogP contribution < -0.4 is 10.1 Å². The van der Waals surface area contributed by atoms with Gasteiger partial charge in [0, 0.05) is 11.6 Å². The Hall–Kier alpha value is -2.98. The number of anilines is 1. The highest BCUT2D eigenvalue weighted by Gasteiger charge is 2.24. The van der Waals surface area contributed by atoms with E-state index < -0.39 is 0 Å². The Morgan fingerprint density at radius 2 is 1.94 bits per heavy atom. The van der Waals surface area contributed by atoms with Crippen LogP contribution in [0.2, 0.25) is 0 Å². The zero-order valence-electron chi connectivity index (χ0n) is 18.2. The third-order valence-electron chi connectivity index (χ3n) is 5.85. The van der Waals surface area contributed by atoms with Gasteiger partial charge in [-0.25, -0.2) is 0 Å². The summed E-state index contributed by atoms with van der Waals surface area (Å²) >= 11 is 2.56. The first-order chi connectivity index (χ1) is 16.2. The van der Waals surface area contributed by atoms with Gasteiger partial charge in [-0.3, -0.25) is 9.36 Å². The summed E-state index contributed by atoms with van der Waals surface area (Å²) in [7, 11) is 1.66. The Morgan fingerprint density at radius 1 is 1.12 bits per heavy atom. The van der Waals surface area contributed by atoms with Gasteiger partial charge in [0.25, 0.3) is 0 Å². The lowest BCUT2D eigenvalue weighted by Crippen LogP contribution is -2.17. The number of hydrogen-bond donors (Lipinski definition) is 1. The number of hydrogen-bond acceptors (Lipinski definition) is 8. The summed E-state index contributed by atoms with van der Waals surface area (Å²) < 4.78 is 16.0. The summed E-state index contributed by atoms with van der Waals surface area (Å²) in [6, 6.07) is 13.8. The summed E-state index contributed by atoms with van der Waals surface area (Å²) in [5.74, 6) is 1.77. The number of carbonyl (C=O) groups excluding carboxylic acids is 1. The maximum atomic E-state index is 12.7. The fourth-order valence-corrected chi connectivity index (χ4v) is 5.56. The molecule has 8 nitrogen and oxygen atoms in total. The predicted octanol–water partition coefficient (Wildman–Crippen LogP) is 5.19. The summed E-state index contributed by atoms with van der Waals surface area (Å²) in [4.78, 5) is 12.7. The van der Waals surface area contributed by atoms with E-state index in [2.05, 4.69) is 28.8 Å². The van der Waals surface area contributed by atoms with E-state index in [-0.39, 0.29) is 11.7 Å². The van der Waals surface area contributed by atoms with Crippen LogP contribution in [0.1, 0.15) is 38.1 Å². The minimum Gasteiger partial charge on any atom is -0.497 e. The van der Waals surface area contributed by atoms with Crippen LogP contribution >= 0.6 is 23.5 Å². The minimum absolute atomic E-state index is 0.107. The van der Waals surface area contributed by atoms with Crippen molar-refractivity contribution in [2.24, 2.45) is 0 Å². The van der Waals surface area contributed by atoms with Crippen molar-refractivity contribution < 1.29 is 9.53 Å². The number of thioether (sulfide) groups is 1. The van der Waals surface area contributed by atoms with Gasteiger partial charge in [-0.1, -0.05) is 37.1 Å². The number of methoxy groups -OCH3 is 1. The van der Waals surface area contributed by atoms with E-state index in [9.17, 15) is 4.79 Å². The summed E-state index contributed by atoms with van der Waals surface area (Å²) in [5, 5.41) is 12.7. The van der Waals surface area contributed by atoms with Crippen LogP contribution in [0.5, 0.6) is 5.75 Å². The molecule has 1 saturated carbocycles. The molecule has 1 N–H and O–H groups in total. The highest BCUT2D eigenvalue weighted by atomic mass is 32.2. The quantitative estimate of drug-likeness (QED) is 0.364. The molecule has 0 bridgehead atoms. The van der Waals surface area contributed by atoms with Gasteiger partial charge in [0.1, 0.15) is 16.8 Å². The van der Waals surface area contributed by atoms with Crippen LogP contribution in [0.15, 0.2) is 47.6 Å². The molecule has 4 aromatic rings. The van der Waals surface area contributed by atoms with Crippen LogP contribution in [0.4, 0.5) is 5.69 Å². The first-order valence-corrected chi connectivity index (χ1v) is 12.7. The molecule has 10 heteroatoms. The molecule has 0 atom stereocenters. The molecule has 2 aromatic carbocycles. The van der Waals surface area contributed by atoms with Gasteiger partial charge in [-0.15, -0.1) is 10.2 Å². The fraction of sp³-hybridized carbons (Fsp3) is 0.348. The Bertz CT molecular complexity index is 1250. The maximum absolute atomic E-state index is 12.7. The lowest BCUT2D eigenvalue weighted by Gasteiger charge is -2.25. The van der Waals surface area contributed by atoms with Crippen molar-refractivity contribution in [3.8, 4) is 17.1 Å². The number of fused-ring (bicyclic) bond motifs is 1. The molecular formula is C23H24N6O2S2. The van der Waals surface area contributed by atoms with Gasteiger partial charge in [0.2, 0.25) is 5.91 Å². The zero-order valence-corrected chi connectivity index (χ0v) is 19.9. The molecule has 33 heavy (non-hydrogen) atoms. The average molecular weight is 481 g/mol. The maximum Gasteiger partial charge on any atom is 0.234 e. The molecule has 2 aromatic heterocycles. The smallest absolute Gasteiger partial charge is 0.234 e. The first-order valence-electron chi connectivity index (χ1n) is 11.0. The number of ether oxygens (including phenoxy) is 1. The number of nitrogens with one attached hydrogen (secondary N) is 1. The molecule has 1 aliphatic rings. The monoisotopic (exact) mass is 480 g/mol. The van der Waals surface area contributed by atoms with E-state index in [1.54, 1.807) is 7.11 Å². The molecule has 0 radical (unpaired) electrons. The average Bonchev–Trinajstić information content (AvgIpc) is 3.51. The number of aromatic nitrogens is 5. The molecule has 170 valence electrons. The van der Waals surface area contributed by atoms with E-state index in [1.807, 2.05) is 42.5 Å². The topological polar surface area (TPSA) is 94.8 Å². The second kappa shape index (κ2) is 9.88. The van der Waals surface area contributed by atoms with Crippen molar-refractivity contribution in [1.82, 2.24) is 23.5 Å². The number of amides is 1. The summed E-state index contributed by atoms with van der Waals surface area (Å²) in [6.45, 7) is 0. The van der Waals surface area contributed by atoms with Gasteiger partial charge in [0.05, 0.1) is 30.3 Å². The Labute approximate surface area is 200 Å². The number of carbonyl (C=O) groups is 1. The molecule has 5 rings (SSSR count). The lowest BCUT2D eigenvalue weighted by molar-refractivity contribution is -0.113. The highest BCUT2D eigenvalue weighted by Crippen LogP contribution is 2.36. The van der Waals surface area contributed by atoms with Gasteiger partial charge >= 0.3 is 0 Å². The van der Waals surface area contributed by atoms with Crippen LogP contribution in [0.25, 0.3) is 22.4 Å². The molecule has 1 aliphatic carbocycles.